The van der Waals surface area contributed by atoms with Crippen LogP contribution < -0.4 is 4.74 Å². The van der Waals surface area contributed by atoms with Crippen molar-refractivity contribution in [3.8, 4) is 22.7 Å². The van der Waals surface area contributed by atoms with Crippen molar-refractivity contribution < 1.29 is 17.9 Å². The number of alkyl halides is 3. The van der Waals surface area contributed by atoms with Crippen molar-refractivity contribution in [3.63, 3.8) is 0 Å². The van der Waals surface area contributed by atoms with Gasteiger partial charge in [0.1, 0.15) is 5.75 Å². The van der Waals surface area contributed by atoms with Gasteiger partial charge in [0.15, 0.2) is 4.77 Å². The van der Waals surface area contributed by atoms with E-state index in [4.69, 9.17) is 17.0 Å². The van der Waals surface area contributed by atoms with Gasteiger partial charge in [-0.25, -0.2) is 0 Å². The second kappa shape index (κ2) is 6.76. The van der Waals surface area contributed by atoms with Crippen molar-refractivity contribution in [1.29, 1.82) is 0 Å². The highest BCUT2D eigenvalue weighted by molar-refractivity contribution is 7.71. The van der Waals surface area contributed by atoms with Gasteiger partial charge < -0.3 is 9.72 Å². The van der Waals surface area contributed by atoms with Gasteiger partial charge >= 0.3 is 6.18 Å². The molecular weight excluding hydrogens is 349 g/mol. The second-order valence-electron chi connectivity index (χ2n) is 5.35. The number of nitrogens with zero attached hydrogens (tertiary/aromatic N) is 1. The SMILES string of the molecule is CCOc1ccc(-c2cn(-c3cccc(C(F)(F)F)c3)c(=S)[nH]2)cc1. The smallest absolute Gasteiger partial charge is 0.416 e. The summed E-state index contributed by atoms with van der Waals surface area (Å²) in [6.45, 7) is 2.48. The monoisotopic (exact) mass is 364 g/mol. The van der Waals surface area contributed by atoms with Gasteiger partial charge in [-0.2, -0.15) is 13.2 Å². The molecule has 0 unspecified atom stereocenters. The molecule has 0 radical (unpaired) electrons. The molecule has 2 aromatic carbocycles. The Morgan fingerprint density at radius 2 is 1.84 bits per heavy atom. The van der Waals surface area contributed by atoms with Gasteiger partial charge in [0.05, 0.1) is 17.9 Å². The molecule has 0 amide bonds. The van der Waals surface area contributed by atoms with E-state index in [1.165, 1.54) is 10.6 Å². The largest absolute Gasteiger partial charge is 0.494 e. The molecule has 0 fully saturated rings. The Balaban J connectivity index is 1.97. The van der Waals surface area contributed by atoms with Crippen LogP contribution in [0.4, 0.5) is 13.2 Å². The zero-order valence-corrected chi connectivity index (χ0v) is 14.1. The zero-order chi connectivity index (χ0) is 18.0. The van der Waals surface area contributed by atoms with Crippen LogP contribution in [0.2, 0.25) is 0 Å². The summed E-state index contributed by atoms with van der Waals surface area (Å²) in [5.41, 5.74) is 1.22. The number of aromatic nitrogens is 2. The minimum absolute atomic E-state index is 0.322. The lowest BCUT2D eigenvalue weighted by molar-refractivity contribution is -0.137. The fourth-order valence-electron chi connectivity index (χ4n) is 2.46. The van der Waals surface area contributed by atoms with E-state index in [1.54, 1.807) is 12.3 Å². The molecule has 0 aliphatic rings. The van der Waals surface area contributed by atoms with Gasteiger partial charge in [-0.3, -0.25) is 4.57 Å². The topological polar surface area (TPSA) is 29.9 Å². The third kappa shape index (κ3) is 3.76. The van der Waals surface area contributed by atoms with E-state index >= 15 is 0 Å². The first-order valence-electron chi connectivity index (χ1n) is 7.61. The van der Waals surface area contributed by atoms with Crippen molar-refractivity contribution in [2.24, 2.45) is 0 Å². The molecule has 3 aromatic rings. The minimum atomic E-state index is -4.40. The Morgan fingerprint density at radius 1 is 1.12 bits per heavy atom. The first kappa shape index (κ1) is 17.3. The van der Waals surface area contributed by atoms with E-state index in [9.17, 15) is 13.2 Å². The van der Waals surface area contributed by atoms with Crippen LogP contribution in [0.1, 0.15) is 12.5 Å². The van der Waals surface area contributed by atoms with Crippen molar-refractivity contribution in [3.05, 3.63) is 65.1 Å². The molecule has 1 aromatic heterocycles. The average molecular weight is 364 g/mol. The number of benzene rings is 2. The maximum Gasteiger partial charge on any atom is 0.416 e. The molecule has 3 rings (SSSR count). The van der Waals surface area contributed by atoms with Gasteiger partial charge in [0.2, 0.25) is 0 Å². The van der Waals surface area contributed by atoms with E-state index in [0.29, 0.717) is 22.8 Å². The van der Waals surface area contributed by atoms with Crippen molar-refractivity contribution in [1.82, 2.24) is 9.55 Å². The first-order chi connectivity index (χ1) is 11.9. The highest BCUT2D eigenvalue weighted by atomic mass is 32.1. The summed E-state index contributed by atoms with van der Waals surface area (Å²) in [4.78, 5) is 3.02. The van der Waals surface area contributed by atoms with Crippen LogP contribution in [0.25, 0.3) is 16.9 Å². The Labute approximate surface area is 147 Å². The quantitative estimate of drug-likeness (QED) is 0.609. The van der Waals surface area contributed by atoms with Crippen LogP contribution >= 0.6 is 12.2 Å². The summed E-state index contributed by atoms with van der Waals surface area (Å²) in [7, 11) is 0. The molecular formula is C18H15F3N2OS. The van der Waals surface area contributed by atoms with Crippen LogP contribution in [-0.2, 0) is 6.18 Å². The van der Waals surface area contributed by atoms with Crippen LogP contribution in [0.15, 0.2) is 54.7 Å². The lowest BCUT2D eigenvalue weighted by Gasteiger charge is -2.09. The van der Waals surface area contributed by atoms with Crippen molar-refractivity contribution in [2.75, 3.05) is 6.61 Å². The highest BCUT2D eigenvalue weighted by Gasteiger charge is 2.30. The predicted molar refractivity (Wildman–Crippen MR) is 92.6 cm³/mol. The Kier molecular flexibility index (Phi) is 4.67. The fraction of sp³-hybridized carbons (Fsp3) is 0.167. The molecule has 0 saturated heterocycles. The van der Waals surface area contributed by atoms with E-state index in [1.807, 2.05) is 31.2 Å². The molecule has 0 saturated carbocycles. The minimum Gasteiger partial charge on any atom is -0.494 e. The average Bonchev–Trinajstić information content (AvgIpc) is 2.97. The molecule has 0 atom stereocenters. The van der Waals surface area contributed by atoms with Crippen LogP contribution in [0.5, 0.6) is 5.75 Å². The number of rotatable bonds is 4. The normalized spacial score (nSPS) is 11.5. The number of aromatic amines is 1. The van der Waals surface area contributed by atoms with Gasteiger partial charge in [-0.05, 0) is 67.2 Å². The summed E-state index contributed by atoms with van der Waals surface area (Å²) in [6.07, 6.45) is -2.71. The van der Waals surface area contributed by atoms with E-state index in [2.05, 4.69) is 4.98 Å². The van der Waals surface area contributed by atoms with Crippen molar-refractivity contribution in [2.45, 2.75) is 13.1 Å². The molecule has 0 aliphatic carbocycles. The van der Waals surface area contributed by atoms with Gasteiger partial charge in [0.25, 0.3) is 0 Å². The molecule has 130 valence electrons. The molecule has 7 heteroatoms. The zero-order valence-electron chi connectivity index (χ0n) is 13.3. The Bertz CT molecular complexity index is 926. The highest BCUT2D eigenvalue weighted by Crippen LogP contribution is 2.31. The maximum absolute atomic E-state index is 12.9. The lowest BCUT2D eigenvalue weighted by Crippen LogP contribution is -2.05. The number of ether oxygens (including phenoxy) is 1. The summed E-state index contributed by atoms with van der Waals surface area (Å²) in [5.74, 6) is 0.752. The Hall–Kier alpha value is -2.54. The molecule has 0 bridgehead atoms. The van der Waals surface area contributed by atoms with Crippen molar-refractivity contribution >= 4 is 12.2 Å². The number of halogens is 3. The molecule has 25 heavy (non-hydrogen) atoms. The van der Waals surface area contributed by atoms with Gasteiger partial charge in [-0.1, -0.05) is 6.07 Å². The Morgan fingerprint density at radius 3 is 2.48 bits per heavy atom. The molecule has 1 heterocycles. The maximum atomic E-state index is 12.9. The summed E-state index contributed by atoms with van der Waals surface area (Å²) >= 11 is 5.26. The number of nitrogens with one attached hydrogen (secondary N) is 1. The predicted octanol–water partition coefficient (Wildman–Crippen LogP) is 5.62. The number of imidazole rings is 1. The van der Waals surface area contributed by atoms with E-state index in [-0.39, 0.29) is 0 Å². The number of hydrogen-bond donors (Lipinski definition) is 1. The lowest BCUT2D eigenvalue weighted by atomic mass is 10.1. The standard InChI is InChI=1S/C18H15F3N2OS/c1-2-24-15-8-6-12(7-9-15)16-11-23(17(25)22-16)14-5-3-4-13(10-14)18(19,20)21/h3-11H,2H2,1H3,(H,22,25). The number of H-pyrrole nitrogens is 1. The van der Waals surface area contributed by atoms with E-state index < -0.39 is 11.7 Å². The van der Waals surface area contributed by atoms with E-state index in [0.717, 1.165) is 23.4 Å². The molecule has 0 spiro atoms. The van der Waals surface area contributed by atoms with Gasteiger partial charge in [0, 0.05) is 11.9 Å². The van der Waals surface area contributed by atoms with Crippen LogP contribution in [0.3, 0.4) is 0 Å². The third-order valence-electron chi connectivity index (χ3n) is 3.65. The third-order valence-corrected chi connectivity index (χ3v) is 3.95. The summed E-state index contributed by atoms with van der Waals surface area (Å²) < 4.78 is 45.9. The summed E-state index contributed by atoms with van der Waals surface area (Å²) in [6, 6.07) is 12.4. The molecule has 0 aliphatic heterocycles. The molecule has 3 nitrogen and oxygen atoms in total. The first-order valence-corrected chi connectivity index (χ1v) is 8.02. The van der Waals surface area contributed by atoms with Crippen LogP contribution in [0, 0.1) is 4.77 Å². The fourth-order valence-corrected chi connectivity index (χ4v) is 2.73. The summed E-state index contributed by atoms with van der Waals surface area (Å²) in [5, 5.41) is 0. The second-order valence-corrected chi connectivity index (χ2v) is 5.74. The van der Waals surface area contributed by atoms with Gasteiger partial charge in [-0.15, -0.1) is 0 Å². The number of hydrogen-bond acceptors (Lipinski definition) is 2. The molecule has 1 N–H and O–H groups in total. The van der Waals surface area contributed by atoms with Crippen LogP contribution in [-0.4, -0.2) is 16.2 Å².